The second-order valence-electron chi connectivity index (χ2n) is 10.8. The number of ether oxygens (including phenoxy) is 1. The standard InChI is InChI=1S/C36H39N3O6/c1-3-13-27(22-33-38-30-19-11-12-20-32(30)45-33)36(43)44-24-31(26-17-9-6-10-18-26)39-35(42)29(14-4-2)34(41)37-28(23-40)21-25-15-7-5-8-16-25/h3-12,15-20,27-29,31,40H,1-2,13-14,21-24H2,(H,37,41)(H,39,42)/t27-,28-,29?,31-/m1/s1. The smallest absolute Gasteiger partial charge is 0.309 e. The predicted octanol–water partition coefficient (Wildman–Crippen LogP) is 4.88. The summed E-state index contributed by atoms with van der Waals surface area (Å²) in [5.41, 5.74) is 2.98. The van der Waals surface area contributed by atoms with Crippen molar-refractivity contribution < 1.29 is 28.6 Å². The summed E-state index contributed by atoms with van der Waals surface area (Å²) in [6.07, 6.45) is 4.19. The normalized spacial score (nSPS) is 13.6. The highest BCUT2D eigenvalue weighted by molar-refractivity contribution is 6.00. The zero-order chi connectivity index (χ0) is 32.0. The van der Waals surface area contributed by atoms with Gasteiger partial charge in [-0.25, -0.2) is 4.98 Å². The van der Waals surface area contributed by atoms with Crippen molar-refractivity contribution in [1.29, 1.82) is 0 Å². The van der Waals surface area contributed by atoms with Gasteiger partial charge in [-0.3, -0.25) is 14.4 Å². The van der Waals surface area contributed by atoms with Crippen molar-refractivity contribution in [2.24, 2.45) is 11.8 Å². The molecule has 0 fully saturated rings. The lowest BCUT2D eigenvalue weighted by Gasteiger charge is -2.24. The van der Waals surface area contributed by atoms with E-state index in [-0.39, 0.29) is 26.1 Å². The van der Waals surface area contributed by atoms with Crippen LogP contribution in [0.5, 0.6) is 0 Å². The van der Waals surface area contributed by atoms with Crippen LogP contribution in [0.25, 0.3) is 11.1 Å². The number of carbonyl (C=O) groups is 3. The first kappa shape index (κ1) is 32.9. The summed E-state index contributed by atoms with van der Waals surface area (Å²) >= 11 is 0. The van der Waals surface area contributed by atoms with Crippen LogP contribution in [0.2, 0.25) is 0 Å². The molecule has 0 spiro atoms. The Bertz CT molecular complexity index is 1540. The Kier molecular flexibility index (Phi) is 12.2. The Morgan fingerprint density at radius 3 is 2.16 bits per heavy atom. The number of rotatable bonds is 17. The van der Waals surface area contributed by atoms with Crippen LogP contribution in [0.4, 0.5) is 0 Å². The molecule has 0 aliphatic carbocycles. The van der Waals surface area contributed by atoms with E-state index in [1.165, 1.54) is 6.08 Å². The summed E-state index contributed by atoms with van der Waals surface area (Å²) in [6, 6.07) is 24.6. The van der Waals surface area contributed by atoms with Gasteiger partial charge in [0.2, 0.25) is 11.8 Å². The van der Waals surface area contributed by atoms with E-state index >= 15 is 0 Å². The average Bonchev–Trinajstić information content (AvgIpc) is 3.48. The van der Waals surface area contributed by atoms with Crippen LogP contribution in [-0.2, 0) is 32.0 Å². The minimum atomic E-state index is -1.11. The molecule has 2 amide bonds. The summed E-state index contributed by atoms with van der Waals surface area (Å²) in [5, 5.41) is 15.6. The summed E-state index contributed by atoms with van der Waals surface area (Å²) in [4.78, 5) is 44.6. The van der Waals surface area contributed by atoms with Crippen molar-refractivity contribution in [2.45, 2.75) is 37.8 Å². The number of amides is 2. The Hall–Kier alpha value is -5.02. The van der Waals surface area contributed by atoms with Gasteiger partial charge in [-0.05, 0) is 42.5 Å². The molecule has 0 radical (unpaired) electrons. The Morgan fingerprint density at radius 1 is 0.844 bits per heavy atom. The number of aliphatic hydroxyl groups excluding tert-OH is 1. The summed E-state index contributed by atoms with van der Waals surface area (Å²) < 4.78 is 11.6. The molecule has 1 unspecified atom stereocenters. The Balaban J connectivity index is 1.44. The van der Waals surface area contributed by atoms with Gasteiger partial charge >= 0.3 is 5.97 Å². The molecule has 0 saturated heterocycles. The monoisotopic (exact) mass is 609 g/mol. The van der Waals surface area contributed by atoms with E-state index in [4.69, 9.17) is 9.15 Å². The van der Waals surface area contributed by atoms with E-state index in [1.54, 1.807) is 6.08 Å². The van der Waals surface area contributed by atoms with E-state index in [0.29, 0.717) is 35.4 Å². The van der Waals surface area contributed by atoms with Gasteiger partial charge in [-0.15, -0.1) is 13.2 Å². The van der Waals surface area contributed by atoms with E-state index < -0.39 is 41.7 Å². The highest BCUT2D eigenvalue weighted by atomic mass is 16.5. The van der Waals surface area contributed by atoms with Crippen molar-refractivity contribution in [2.75, 3.05) is 13.2 Å². The molecule has 45 heavy (non-hydrogen) atoms. The predicted molar refractivity (Wildman–Crippen MR) is 172 cm³/mol. The third-order valence-corrected chi connectivity index (χ3v) is 7.38. The Morgan fingerprint density at radius 2 is 1.49 bits per heavy atom. The molecule has 1 aromatic heterocycles. The maximum absolute atomic E-state index is 13.5. The maximum Gasteiger partial charge on any atom is 0.309 e. The van der Waals surface area contributed by atoms with Crippen LogP contribution >= 0.6 is 0 Å². The quantitative estimate of drug-likeness (QED) is 0.0884. The number of para-hydroxylation sites is 2. The lowest BCUT2D eigenvalue weighted by Crippen LogP contribution is -2.47. The zero-order valence-electron chi connectivity index (χ0n) is 25.1. The first-order valence-electron chi connectivity index (χ1n) is 14.9. The average molecular weight is 610 g/mol. The van der Waals surface area contributed by atoms with Gasteiger partial charge in [0.25, 0.3) is 0 Å². The van der Waals surface area contributed by atoms with Gasteiger partial charge in [0.05, 0.1) is 24.6 Å². The third-order valence-electron chi connectivity index (χ3n) is 7.38. The number of allylic oxidation sites excluding steroid dienone is 2. The number of carbonyl (C=O) groups excluding carboxylic acids is 3. The molecule has 0 saturated carbocycles. The highest BCUT2D eigenvalue weighted by Crippen LogP contribution is 2.22. The van der Waals surface area contributed by atoms with E-state index in [1.807, 2.05) is 84.9 Å². The van der Waals surface area contributed by atoms with Crippen LogP contribution in [-0.4, -0.2) is 47.1 Å². The van der Waals surface area contributed by atoms with Crippen molar-refractivity contribution in [3.63, 3.8) is 0 Å². The fourth-order valence-electron chi connectivity index (χ4n) is 5.01. The SMILES string of the molecule is C=CCC(C(=O)N[C@@H](CO)Cc1ccccc1)C(=O)N[C@H](COC(=O)[C@H](CC=C)Cc1nc2ccccc2o1)c1ccccc1. The molecule has 0 bridgehead atoms. The van der Waals surface area contributed by atoms with Crippen LogP contribution in [0.15, 0.2) is 115 Å². The number of aromatic nitrogens is 1. The lowest BCUT2D eigenvalue weighted by molar-refractivity contribution is -0.150. The minimum absolute atomic E-state index is 0.0777. The fraction of sp³-hybridized carbons (Fsp3) is 0.278. The first-order chi connectivity index (χ1) is 21.9. The topological polar surface area (TPSA) is 131 Å². The second kappa shape index (κ2) is 16.7. The minimum Gasteiger partial charge on any atom is -0.463 e. The van der Waals surface area contributed by atoms with Crippen molar-refractivity contribution in [1.82, 2.24) is 15.6 Å². The first-order valence-corrected chi connectivity index (χ1v) is 14.9. The molecule has 1 heterocycles. The van der Waals surface area contributed by atoms with Crippen molar-refractivity contribution in [3.05, 3.63) is 127 Å². The number of hydrogen-bond donors (Lipinski definition) is 3. The second-order valence-corrected chi connectivity index (χ2v) is 10.8. The molecular weight excluding hydrogens is 570 g/mol. The number of esters is 1. The van der Waals surface area contributed by atoms with Crippen LogP contribution < -0.4 is 10.6 Å². The molecule has 4 atom stereocenters. The number of hydrogen-bond acceptors (Lipinski definition) is 7. The number of oxazole rings is 1. The summed E-state index contributed by atoms with van der Waals surface area (Å²) in [7, 11) is 0. The molecule has 0 aliphatic heterocycles. The summed E-state index contributed by atoms with van der Waals surface area (Å²) in [5.74, 6) is -2.86. The molecule has 3 aromatic carbocycles. The summed E-state index contributed by atoms with van der Waals surface area (Å²) in [6.45, 7) is 7.04. The molecule has 0 aliphatic rings. The van der Waals surface area contributed by atoms with E-state index in [0.717, 1.165) is 5.56 Å². The van der Waals surface area contributed by atoms with Gasteiger partial charge in [0.15, 0.2) is 11.5 Å². The van der Waals surface area contributed by atoms with E-state index in [9.17, 15) is 19.5 Å². The number of nitrogens with one attached hydrogen (secondary N) is 2. The van der Waals surface area contributed by atoms with Crippen molar-refractivity contribution >= 4 is 28.9 Å². The lowest BCUT2D eigenvalue weighted by atomic mass is 9.99. The van der Waals surface area contributed by atoms with Crippen LogP contribution in [0.1, 0.15) is 35.9 Å². The van der Waals surface area contributed by atoms with E-state index in [2.05, 4.69) is 28.8 Å². The van der Waals surface area contributed by atoms with Gasteiger partial charge in [0, 0.05) is 6.42 Å². The van der Waals surface area contributed by atoms with Gasteiger partial charge in [-0.2, -0.15) is 0 Å². The molecular formula is C36H39N3O6. The molecule has 9 heteroatoms. The molecule has 9 nitrogen and oxygen atoms in total. The fourth-order valence-corrected chi connectivity index (χ4v) is 5.01. The maximum atomic E-state index is 13.5. The van der Waals surface area contributed by atoms with Gasteiger partial charge in [-0.1, -0.05) is 84.9 Å². The van der Waals surface area contributed by atoms with Gasteiger partial charge in [0.1, 0.15) is 18.0 Å². The molecule has 3 N–H and O–H groups in total. The molecule has 4 aromatic rings. The number of benzene rings is 3. The molecule has 4 rings (SSSR count). The highest BCUT2D eigenvalue weighted by Gasteiger charge is 2.30. The zero-order valence-corrected chi connectivity index (χ0v) is 25.1. The largest absolute Gasteiger partial charge is 0.463 e. The Labute approximate surface area is 263 Å². The van der Waals surface area contributed by atoms with Crippen LogP contribution in [0.3, 0.4) is 0 Å². The molecule has 234 valence electrons. The van der Waals surface area contributed by atoms with Crippen LogP contribution in [0, 0.1) is 11.8 Å². The number of nitrogens with zero attached hydrogens (tertiary/aromatic N) is 1. The third kappa shape index (κ3) is 9.48. The number of fused-ring (bicyclic) bond motifs is 1. The van der Waals surface area contributed by atoms with Gasteiger partial charge < -0.3 is 24.9 Å². The van der Waals surface area contributed by atoms with Crippen molar-refractivity contribution in [3.8, 4) is 0 Å². The number of aliphatic hydroxyl groups is 1.